The van der Waals surface area contributed by atoms with E-state index in [1.54, 1.807) is 39.8 Å². The van der Waals surface area contributed by atoms with Crippen molar-refractivity contribution >= 4 is 5.91 Å². The van der Waals surface area contributed by atoms with Crippen LogP contribution in [0.4, 0.5) is 0 Å². The van der Waals surface area contributed by atoms with E-state index in [-0.39, 0.29) is 5.91 Å². The third-order valence-electron chi connectivity index (χ3n) is 4.44. The summed E-state index contributed by atoms with van der Waals surface area (Å²) in [6.45, 7) is 4.38. The van der Waals surface area contributed by atoms with Crippen LogP contribution in [-0.2, 0) is 11.8 Å². The Balaban J connectivity index is 1.75. The summed E-state index contributed by atoms with van der Waals surface area (Å²) in [5, 5.41) is 12.7. The van der Waals surface area contributed by atoms with Crippen molar-refractivity contribution in [3.8, 4) is 17.1 Å². The molecule has 0 aliphatic carbocycles. The van der Waals surface area contributed by atoms with Crippen molar-refractivity contribution in [1.29, 1.82) is 0 Å². The Morgan fingerprint density at radius 2 is 2.11 bits per heavy atom. The summed E-state index contributed by atoms with van der Waals surface area (Å²) < 4.78 is 8.75. The minimum Gasteiger partial charge on any atom is -0.380 e. The Kier molecular flexibility index (Phi) is 4.68. The standard InChI is InChI=1S/C18H21N7O2/c1-13-4-5-14(11-19-13)25-17(16-12-23(2)22-20-16)10-15(21-25)18(26)24-6-3-8-27-9-7-24/h4-5,10-12H,3,6-9H2,1-2H3. The number of rotatable bonds is 3. The van der Waals surface area contributed by atoms with Gasteiger partial charge in [-0.1, -0.05) is 5.21 Å². The second-order valence-corrected chi connectivity index (χ2v) is 6.52. The molecule has 0 saturated carbocycles. The van der Waals surface area contributed by atoms with Gasteiger partial charge in [-0.15, -0.1) is 5.10 Å². The van der Waals surface area contributed by atoms with E-state index >= 15 is 0 Å². The first kappa shape index (κ1) is 17.3. The molecule has 0 radical (unpaired) electrons. The third-order valence-corrected chi connectivity index (χ3v) is 4.44. The van der Waals surface area contributed by atoms with Gasteiger partial charge < -0.3 is 9.64 Å². The van der Waals surface area contributed by atoms with Gasteiger partial charge in [0.05, 0.1) is 30.4 Å². The number of amides is 1. The van der Waals surface area contributed by atoms with Gasteiger partial charge in [0.15, 0.2) is 5.69 Å². The molecule has 0 N–H and O–H groups in total. The Hall–Kier alpha value is -3.07. The second kappa shape index (κ2) is 7.28. The van der Waals surface area contributed by atoms with Gasteiger partial charge in [-0.3, -0.25) is 14.5 Å². The molecule has 4 heterocycles. The normalized spacial score (nSPS) is 15.0. The SMILES string of the molecule is Cc1ccc(-n2nc(C(=O)N3CCCOCC3)cc2-c2cn(C)nn2)cn1. The van der Waals surface area contributed by atoms with E-state index in [2.05, 4.69) is 20.4 Å². The fourth-order valence-corrected chi connectivity index (χ4v) is 3.03. The zero-order valence-electron chi connectivity index (χ0n) is 15.4. The van der Waals surface area contributed by atoms with Crippen LogP contribution >= 0.6 is 0 Å². The van der Waals surface area contributed by atoms with Crippen molar-refractivity contribution in [3.05, 3.63) is 42.0 Å². The smallest absolute Gasteiger partial charge is 0.274 e. The van der Waals surface area contributed by atoms with Crippen molar-refractivity contribution < 1.29 is 9.53 Å². The van der Waals surface area contributed by atoms with Crippen LogP contribution in [0.1, 0.15) is 22.6 Å². The molecule has 1 aliphatic rings. The maximum absolute atomic E-state index is 13.0. The summed E-state index contributed by atoms with van der Waals surface area (Å²) in [4.78, 5) is 19.1. The minimum atomic E-state index is -0.107. The molecule has 4 rings (SSSR count). The molecule has 0 bridgehead atoms. The van der Waals surface area contributed by atoms with E-state index in [9.17, 15) is 4.79 Å². The van der Waals surface area contributed by atoms with E-state index in [1.807, 2.05) is 19.1 Å². The molecule has 9 nitrogen and oxygen atoms in total. The van der Waals surface area contributed by atoms with Crippen LogP contribution < -0.4 is 0 Å². The van der Waals surface area contributed by atoms with Crippen LogP contribution in [-0.4, -0.2) is 66.9 Å². The van der Waals surface area contributed by atoms with Gasteiger partial charge in [0, 0.05) is 32.4 Å². The molecule has 0 spiro atoms. The third kappa shape index (κ3) is 3.59. The summed E-state index contributed by atoms with van der Waals surface area (Å²) in [7, 11) is 1.80. The van der Waals surface area contributed by atoms with Gasteiger partial charge in [0.2, 0.25) is 0 Å². The number of hydrogen-bond acceptors (Lipinski definition) is 6. The monoisotopic (exact) mass is 367 g/mol. The lowest BCUT2D eigenvalue weighted by Gasteiger charge is -2.17. The van der Waals surface area contributed by atoms with E-state index in [0.29, 0.717) is 43.4 Å². The fourth-order valence-electron chi connectivity index (χ4n) is 3.03. The molecule has 3 aromatic rings. The van der Waals surface area contributed by atoms with E-state index in [0.717, 1.165) is 17.8 Å². The molecule has 140 valence electrons. The molecule has 1 amide bonds. The van der Waals surface area contributed by atoms with Crippen molar-refractivity contribution in [2.24, 2.45) is 7.05 Å². The number of ether oxygens (including phenoxy) is 1. The molecule has 1 saturated heterocycles. The Labute approximate surface area is 156 Å². The number of carbonyl (C=O) groups excluding carboxylic acids is 1. The average Bonchev–Trinajstić information content (AvgIpc) is 3.19. The summed E-state index contributed by atoms with van der Waals surface area (Å²) >= 11 is 0. The Morgan fingerprint density at radius 3 is 2.85 bits per heavy atom. The highest BCUT2D eigenvalue weighted by molar-refractivity contribution is 5.93. The predicted octanol–water partition coefficient (Wildman–Crippen LogP) is 1.23. The van der Waals surface area contributed by atoms with Crippen molar-refractivity contribution in [3.63, 3.8) is 0 Å². The lowest BCUT2D eigenvalue weighted by molar-refractivity contribution is 0.0735. The summed E-state index contributed by atoms with van der Waals surface area (Å²) in [5.41, 5.74) is 3.39. The molecular formula is C18H21N7O2. The molecule has 3 aromatic heterocycles. The van der Waals surface area contributed by atoms with Gasteiger partial charge in [0.1, 0.15) is 5.69 Å². The molecule has 1 fully saturated rings. The summed E-state index contributed by atoms with van der Waals surface area (Å²) in [6, 6.07) is 5.59. The van der Waals surface area contributed by atoms with Gasteiger partial charge in [0.25, 0.3) is 5.91 Å². The molecule has 0 unspecified atom stereocenters. The highest BCUT2D eigenvalue weighted by Crippen LogP contribution is 2.23. The van der Waals surface area contributed by atoms with Gasteiger partial charge in [-0.2, -0.15) is 5.10 Å². The summed E-state index contributed by atoms with van der Waals surface area (Å²) in [6.07, 6.45) is 4.35. The Morgan fingerprint density at radius 1 is 1.22 bits per heavy atom. The van der Waals surface area contributed by atoms with Crippen molar-refractivity contribution in [1.82, 2.24) is 34.7 Å². The Bertz CT molecular complexity index is 937. The number of nitrogens with zero attached hydrogens (tertiary/aromatic N) is 7. The van der Waals surface area contributed by atoms with E-state index in [1.165, 1.54) is 0 Å². The lowest BCUT2D eigenvalue weighted by Crippen LogP contribution is -2.33. The summed E-state index contributed by atoms with van der Waals surface area (Å²) in [5.74, 6) is -0.107. The largest absolute Gasteiger partial charge is 0.380 e. The van der Waals surface area contributed by atoms with Crippen LogP contribution in [0.5, 0.6) is 0 Å². The highest BCUT2D eigenvalue weighted by Gasteiger charge is 2.23. The quantitative estimate of drug-likeness (QED) is 0.692. The first-order valence-corrected chi connectivity index (χ1v) is 8.88. The number of pyridine rings is 1. The number of aryl methyl sites for hydroxylation is 2. The van der Waals surface area contributed by atoms with Gasteiger partial charge in [-0.05, 0) is 31.5 Å². The predicted molar refractivity (Wildman–Crippen MR) is 97.4 cm³/mol. The van der Waals surface area contributed by atoms with Crippen LogP contribution in [0.3, 0.4) is 0 Å². The maximum Gasteiger partial charge on any atom is 0.274 e. The second-order valence-electron chi connectivity index (χ2n) is 6.52. The van der Waals surface area contributed by atoms with Crippen LogP contribution in [0.25, 0.3) is 17.1 Å². The molecule has 1 aliphatic heterocycles. The molecular weight excluding hydrogens is 346 g/mol. The average molecular weight is 367 g/mol. The minimum absolute atomic E-state index is 0.107. The van der Waals surface area contributed by atoms with E-state index < -0.39 is 0 Å². The zero-order chi connectivity index (χ0) is 18.8. The number of aromatic nitrogens is 6. The van der Waals surface area contributed by atoms with Crippen LogP contribution in [0.2, 0.25) is 0 Å². The molecule has 9 heteroatoms. The molecule has 0 atom stereocenters. The van der Waals surface area contributed by atoms with E-state index in [4.69, 9.17) is 4.74 Å². The van der Waals surface area contributed by atoms with Crippen LogP contribution in [0, 0.1) is 6.92 Å². The topological polar surface area (TPSA) is 91.0 Å². The first-order chi connectivity index (χ1) is 13.1. The first-order valence-electron chi connectivity index (χ1n) is 8.88. The van der Waals surface area contributed by atoms with Gasteiger partial charge in [-0.25, -0.2) is 4.68 Å². The molecule has 27 heavy (non-hydrogen) atoms. The lowest BCUT2D eigenvalue weighted by atomic mass is 10.2. The number of carbonyl (C=O) groups is 1. The van der Waals surface area contributed by atoms with Crippen molar-refractivity contribution in [2.45, 2.75) is 13.3 Å². The zero-order valence-corrected chi connectivity index (χ0v) is 15.4. The molecule has 0 aromatic carbocycles. The maximum atomic E-state index is 13.0. The number of hydrogen-bond donors (Lipinski definition) is 0. The van der Waals surface area contributed by atoms with Crippen LogP contribution in [0.15, 0.2) is 30.6 Å². The highest BCUT2D eigenvalue weighted by atomic mass is 16.5. The fraction of sp³-hybridized carbons (Fsp3) is 0.389. The van der Waals surface area contributed by atoms with Gasteiger partial charge >= 0.3 is 0 Å². The van der Waals surface area contributed by atoms with Crippen molar-refractivity contribution in [2.75, 3.05) is 26.3 Å².